The van der Waals surface area contributed by atoms with E-state index in [1.165, 1.54) is 11.8 Å². The van der Waals surface area contributed by atoms with Gasteiger partial charge in [0.15, 0.2) is 0 Å². The predicted molar refractivity (Wildman–Crippen MR) is 125 cm³/mol. The van der Waals surface area contributed by atoms with Gasteiger partial charge in [0.25, 0.3) is 0 Å². The Morgan fingerprint density at radius 2 is 1.53 bits per heavy atom. The summed E-state index contributed by atoms with van der Waals surface area (Å²) in [4.78, 5) is 59.9. The number of hydrogen-bond acceptors (Lipinski definition) is 8. The van der Waals surface area contributed by atoms with Crippen LogP contribution in [0.3, 0.4) is 0 Å². The highest BCUT2D eigenvalue weighted by Crippen LogP contribution is 2.09. The van der Waals surface area contributed by atoms with Gasteiger partial charge in [0.1, 0.15) is 18.1 Å². The van der Waals surface area contributed by atoms with E-state index in [0.717, 1.165) is 0 Å². The Kier molecular flexibility index (Phi) is 14.8. The van der Waals surface area contributed by atoms with Crippen LogP contribution in [0, 0.1) is 5.92 Å². The van der Waals surface area contributed by atoms with Gasteiger partial charge in [-0.15, -0.1) is 0 Å². The van der Waals surface area contributed by atoms with E-state index in [1.54, 1.807) is 13.8 Å². The van der Waals surface area contributed by atoms with Crippen molar-refractivity contribution in [3.8, 4) is 0 Å². The Morgan fingerprint density at radius 3 is 2.00 bits per heavy atom. The highest BCUT2D eigenvalue weighted by Gasteiger charge is 2.31. The van der Waals surface area contributed by atoms with Crippen molar-refractivity contribution in [1.29, 1.82) is 0 Å². The third kappa shape index (κ3) is 11.0. The van der Waals surface area contributed by atoms with Crippen molar-refractivity contribution in [3.63, 3.8) is 0 Å². The summed E-state index contributed by atoms with van der Waals surface area (Å²) >= 11 is 5.55. The molecular weight excluding hydrogens is 460 g/mol. The van der Waals surface area contributed by atoms with Gasteiger partial charge in [-0.05, 0) is 30.8 Å². The van der Waals surface area contributed by atoms with E-state index in [1.807, 2.05) is 6.26 Å². The molecule has 7 N–H and O–H groups in total. The number of hydrogen-bond donors (Lipinski definition) is 7. The molecule has 0 fully saturated rings. The first kappa shape index (κ1) is 30.0. The lowest BCUT2D eigenvalue weighted by Crippen LogP contribution is -2.58. The summed E-state index contributed by atoms with van der Waals surface area (Å²) in [6.45, 7) is 3.45. The van der Waals surface area contributed by atoms with Gasteiger partial charge in [0.05, 0.1) is 6.04 Å². The Labute approximate surface area is 197 Å². The minimum absolute atomic E-state index is 0.142. The van der Waals surface area contributed by atoms with E-state index in [-0.39, 0.29) is 18.1 Å². The zero-order chi connectivity index (χ0) is 24.8. The van der Waals surface area contributed by atoms with Crippen LogP contribution in [0.5, 0.6) is 0 Å². The second-order valence-corrected chi connectivity index (χ2v) is 8.69. The SMILES string of the molecule is CCC(C)C(NC(=O)C(CS)NC(=O)C(CCC(=O)O)NC(=O)C(N)CCSC)C(=O)O. The van der Waals surface area contributed by atoms with Crippen LogP contribution >= 0.6 is 24.4 Å². The molecule has 0 saturated carbocycles. The highest BCUT2D eigenvalue weighted by molar-refractivity contribution is 7.98. The van der Waals surface area contributed by atoms with Crippen LogP contribution in [-0.4, -0.2) is 81.8 Å². The second kappa shape index (κ2) is 15.8. The maximum absolute atomic E-state index is 12.7. The number of carbonyl (C=O) groups excluding carboxylic acids is 3. The third-order valence-electron chi connectivity index (χ3n) is 4.84. The molecule has 0 radical (unpaired) electrons. The fraction of sp³-hybridized carbons (Fsp3) is 0.737. The van der Waals surface area contributed by atoms with Gasteiger partial charge in [-0.3, -0.25) is 19.2 Å². The lowest BCUT2D eigenvalue weighted by molar-refractivity contribution is -0.143. The van der Waals surface area contributed by atoms with Crippen molar-refractivity contribution in [2.24, 2.45) is 11.7 Å². The Bertz CT molecular complexity index is 666. The fourth-order valence-electron chi connectivity index (χ4n) is 2.59. The maximum atomic E-state index is 12.7. The predicted octanol–water partition coefficient (Wildman–Crippen LogP) is -0.553. The molecule has 0 aromatic heterocycles. The summed E-state index contributed by atoms with van der Waals surface area (Å²) in [6, 6.07) is -4.45. The molecule has 184 valence electrons. The zero-order valence-corrected chi connectivity index (χ0v) is 20.2. The summed E-state index contributed by atoms with van der Waals surface area (Å²) < 4.78 is 0. The molecule has 0 saturated heterocycles. The summed E-state index contributed by atoms with van der Waals surface area (Å²) in [5.41, 5.74) is 5.80. The molecule has 0 aromatic rings. The molecule has 0 rings (SSSR count). The van der Waals surface area contributed by atoms with Crippen LogP contribution in [0.4, 0.5) is 0 Å². The van der Waals surface area contributed by atoms with Gasteiger partial charge in [-0.2, -0.15) is 24.4 Å². The number of carboxylic acid groups (broad SMARTS) is 2. The number of thiol groups is 1. The second-order valence-electron chi connectivity index (χ2n) is 7.34. The normalized spacial score (nSPS) is 15.5. The van der Waals surface area contributed by atoms with Crippen LogP contribution in [-0.2, 0) is 24.0 Å². The van der Waals surface area contributed by atoms with Crippen LogP contribution in [0.25, 0.3) is 0 Å². The third-order valence-corrected chi connectivity index (χ3v) is 5.85. The van der Waals surface area contributed by atoms with Gasteiger partial charge in [-0.25, -0.2) is 4.79 Å². The van der Waals surface area contributed by atoms with Crippen molar-refractivity contribution < 1.29 is 34.2 Å². The molecule has 32 heavy (non-hydrogen) atoms. The molecule has 13 heteroatoms. The Morgan fingerprint density at radius 1 is 0.969 bits per heavy atom. The lowest BCUT2D eigenvalue weighted by Gasteiger charge is -2.25. The van der Waals surface area contributed by atoms with Crippen LogP contribution in [0.1, 0.15) is 39.5 Å². The molecule has 5 atom stereocenters. The van der Waals surface area contributed by atoms with E-state index in [4.69, 9.17) is 10.8 Å². The molecule has 0 spiro atoms. The summed E-state index contributed by atoms with van der Waals surface area (Å²) in [5, 5.41) is 25.5. The number of carbonyl (C=O) groups is 5. The van der Waals surface area contributed by atoms with Crippen molar-refractivity contribution in [2.45, 2.75) is 63.7 Å². The maximum Gasteiger partial charge on any atom is 0.326 e. The topological polar surface area (TPSA) is 188 Å². The number of amides is 3. The first-order valence-corrected chi connectivity index (χ1v) is 12.2. The van der Waals surface area contributed by atoms with Crippen LogP contribution in [0.2, 0.25) is 0 Å². The van der Waals surface area contributed by atoms with Crippen molar-refractivity contribution in [3.05, 3.63) is 0 Å². The first-order valence-electron chi connectivity index (χ1n) is 10.2. The number of nitrogens with one attached hydrogen (secondary N) is 3. The highest BCUT2D eigenvalue weighted by atomic mass is 32.2. The van der Waals surface area contributed by atoms with E-state index < -0.39 is 60.2 Å². The molecule has 11 nitrogen and oxygen atoms in total. The summed E-state index contributed by atoms with van der Waals surface area (Å²) in [5.74, 6) is -4.38. The number of nitrogens with two attached hydrogens (primary N) is 1. The largest absolute Gasteiger partial charge is 0.481 e. The van der Waals surface area contributed by atoms with E-state index in [9.17, 15) is 29.1 Å². The minimum Gasteiger partial charge on any atom is -0.481 e. The van der Waals surface area contributed by atoms with E-state index in [0.29, 0.717) is 18.6 Å². The van der Waals surface area contributed by atoms with Gasteiger partial charge in [0.2, 0.25) is 17.7 Å². The number of carboxylic acids is 2. The molecular formula is C19H34N4O7S2. The van der Waals surface area contributed by atoms with E-state index >= 15 is 0 Å². The van der Waals surface area contributed by atoms with Crippen molar-refractivity contribution in [2.75, 3.05) is 17.8 Å². The monoisotopic (exact) mass is 494 g/mol. The molecule has 0 aromatic carbocycles. The van der Waals surface area contributed by atoms with Crippen LogP contribution < -0.4 is 21.7 Å². The molecule has 0 heterocycles. The van der Waals surface area contributed by atoms with Crippen molar-refractivity contribution >= 4 is 54.1 Å². The average molecular weight is 495 g/mol. The number of thioether (sulfide) groups is 1. The fourth-order valence-corrected chi connectivity index (χ4v) is 3.34. The minimum atomic E-state index is -1.24. The van der Waals surface area contributed by atoms with Crippen molar-refractivity contribution in [1.82, 2.24) is 16.0 Å². The van der Waals surface area contributed by atoms with Gasteiger partial charge < -0.3 is 31.9 Å². The molecule has 0 aliphatic heterocycles. The van der Waals surface area contributed by atoms with E-state index in [2.05, 4.69) is 28.6 Å². The number of aliphatic carboxylic acids is 2. The smallest absolute Gasteiger partial charge is 0.326 e. The van der Waals surface area contributed by atoms with Gasteiger partial charge in [0, 0.05) is 12.2 Å². The molecule has 0 aliphatic rings. The molecule has 3 amide bonds. The zero-order valence-electron chi connectivity index (χ0n) is 18.5. The molecule has 0 aliphatic carbocycles. The van der Waals surface area contributed by atoms with Gasteiger partial charge in [-0.1, -0.05) is 20.3 Å². The van der Waals surface area contributed by atoms with Crippen LogP contribution in [0.15, 0.2) is 0 Å². The lowest BCUT2D eigenvalue weighted by atomic mass is 9.99. The van der Waals surface area contributed by atoms with Gasteiger partial charge >= 0.3 is 11.9 Å². The first-order chi connectivity index (χ1) is 15.0. The quantitative estimate of drug-likeness (QED) is 0.138. The Hall–Kier alpha value is -1.99. The summed E-state index contributed by atoms with van der Waals surface area (Å²) in [7, 11) is 0. The summed E-state index contributed by atoms with van der Waals surface area (Å²) in [6.07, 6.45) is 2.12. The standard InChI is InChI=1S/C19H34N4O7S2/c1-4-10(2)15(19(29)30)23-18(28)13(9-31)22-17(27)12(5-6-14(24)25)21-16(26)11(20)7-8-32-3/h10-13,15,31H,4-9,20H2,1-3H3,(H,21,26)(H,22,27)(H,23,28)(H,24,25)(H,29,30). The molecule has 0 bridgehead atoms. The number of rotatable bonds is 16. The Balaban J connectivity index is 5.30. The average Bonchev–Trinajstić information content (AvgIpc) is 2.75. The molecule has 5 unspecified atom stereocenters.